The van der Waals surface area contributed by atoms with E-state index in [1.54, 1.807) is 13.8 Å². The van der Waals surface area contributed by atoms with Gasteiger partial charge in [0, 0.05) is 51.0 Å². The molecule has 1 fully saturated rings. The van der Waals surface area contributed by atoms with Gasteiger partial charge in [-0.2, -0.15) is 13.2 Å². The molecule has 0 saturated carbocycles. The van der Waals surface area contributed by atoms with Gasteiger partial charge < -0.3 is 16.0 Å². The molecule has 0 aliphatic carbocycles. The predicted molar refractivity (Wildman–Crippen MR) is 122 cm³/mol. The van der Waals surface area contributed by atoms with Crippen LogP contribution in [0.3, 0.4) is 0 Å². The Balaban J connectivity index is 1.89. The van der Waals surface area contributed by atoms with Crippen molar-refractivity contribution in [3.8, 4) is 0 Å². The Morgan fingerprint density at radius 2 is 1.83 bits per heavy atom. The zero-order valence-electron chi connectivity index (χ0n) is 19.7. The lowest BCUT2D eigenvalue weighted by atomic mass is 9.88. The topological polar surface area (TPSA) is 122 Å². The van der Waals surface area contributed by atoms with Crippen molar-refractivity contribution >= 4 is 23.6 Å². The standard InChI is InChI=1S/C22H25F5N8O/c1-12-5-30-18(31-6-12)15(9-29-3)17(28)19(36)35-11-21(23,24)4-13(2)16(35)10-34-20-32-7-14(8-33-20)22(25,26)27/h5-9,13,16H,4,10-11,28H2,1-3H3,(H,32,33,34)/t13-,16?/m1/s1. The van der Waals surface area contributed by atoms with Crippen molar-refractivity contribution in [2.45, 2.75) is 38.4 Å². The van der Waals surface area contributed by atoms with Crippen molar-refractivity contribution in [1.82, 2.24) is 24.8 Å². The normalized spacial score (nSPS) is 20.8. The quantitative estimate of drug-likeness (QED) is 0.347. The average Bonchev–Trinajstić information content (AvgIpc) is 2.80. The fourth-order valence-corrected chi connectivity index (χ4v) is 3.82. The van der Waals surface area contributed by atoms with Gasteiger partial charge in [-0.1, -0.05) is 6.92 Å². The molecule has 1 aliphatic rings. The molecule has 1 saturated heterocycles. The lowest BCUT2D eigenvalue weighted by Crippen LogP contribution is -2.58. The Morgan fingerprint density at radius 3 is 2.39 bits per heavy atom. The predicted octanol–water partition coefficient (Wildman–Crippen LogP) is 2.95. The molecule has 9 nitrogen and oxygen atoms in total. The lowest BCUT2D eigenvalue weighted by molar-refractivity contribution is -0.148. The number of rotatable bonds is 6. The number of alkyl halides is 5. The highest BCUT2D eigenvalue weighted by atomic mass is 19.4. The van der Waals surface area contributed by atoms with Crippen LogP contribution in [-0.4, -0.2) is 69.1 Å². The Labute approximate surface area is 203 Å². The highest BCUT2D eigenvalue weighted by Crippen LogP contribution is 2.35. The van der Waals surface area contributed by atoms with Crippen LogP contribution in [0.15, 0.2) is 35.5 Å². The molecule has 1 amide bonds. The number of nitrogens with zero attached hydrogens (tertiary/aromatic N) is 6. The summed E-state index contributed by atoms with van der Waals surface area (Å²) in [5.41, 5.74) is 5.56. The third kappa shape index (κ3) is 6.29. The number of amides is 1. The second kappa shape index (κ2) is 10.5. The average molecular weight is 512 g/mol. The molecule has 14 heteroatoms. The molecule has 2 aromatic rings. The summed E-state index contributed by atoms with van der Waals surface area (Å²) in [6.07, 6.45) is 0.410. The molecule has 3 rings (SSSR count). The summed E-state index contributed by atoms with van der Waals surface area (Å²) in [5, 5.41) is 2.73. The lowest BCUT2D eigenvalue weighted by Gasteiger charge is -2.43. The SMILES string of the molecule is CN=CC(=C(N)C(=O)N1CC(F)(F)C[C@@H](C)C1CNc1ncc(C(F)(F)F)cn1)c1ncc(C)cn1. The van der Waals surface area contributed by atoms with Gasteiger partial charge in [0.15, 0.2) is 5.82 Å². The molecule has 0 spiro atoms. The Morgan fingerprint density at radius 1 is 1.22 bits per heavy atom. The number of piperidine rings is 1. The van der Waals surface area contributed by atoms with Crippen molar-refractivity contribution in [3.05, 3.63) is 47.4 Å². The molecule has 0 bridgehead atoms. The first-order valence-corrected chi connectivity index (χ1v) is 10.8. The maximum atomic E-state index is 14.5. The summed E-state index contributed by atoms with van der Waals surface area (Å²) in [6, 6.07) is -0.791. The molecule has 1 aliphatic heterocycles. The Hall–Kier alpha value is -3.71. The van der Waals surface area contributed by atoms with Crippen LogP contribution in [0.25, 0.3) is 5.57 Å². The molecular weight excluding hydrogens is 487 g/mol. The van der Waals surface area contributed by atoms with Gasteiger partial charge in [0.2, 0.25) is 5.95 Å². The van der Waals surface area contributed by atoms with Crippen molar-refractivity contribution in [2.75, 3.05) is 25.5 Å². The third-order valence-corrected chi connectivity index (χ3v) is 5.59. The number of aryl methyl sites for hydroxylation is 1. The first-order valence-electron chi connectivity index (χ1n) is 10.8. The van der Waals surface area contributed by atoms with Gasteiger partial charge >= 0.3 is 6.18 Å². The van der Waals surface area contributed by atoms with Gasteiger partial charge in [-0.3, -0.25) is 9.79 Å². The highest BCUT2D eigenvalue weighted by Gasteiger charge is 2.46. The summed E-state index contributed by atoms with van der Waals surface area (Å²) in [6.45, 7) is 2.32. The van der Waals surface area contributed by atoms with E-state index in [0.717, 1.165) is 10.5 Å². The maximum Gasteiger partial charge on any atom is 0.419 e. The van der Waals surface area contributed by atoms with E-state index in [4.69, 9.17) is 5.73 Å². The van der Waals surface area contributed by atoms with E-state index in [9.17, 15) is 26.7 Å². The number of carbonyl (C=O) groups excluding carboxylic acids is 1. The number of hydrogen-bond acceptors (Lipinski definition) is 8. The fraction of sp³-hybridized carbons (Fsp3) is 0.455. The molecule has 1 unspecified atom stereocenters. The number of hydrogen-bond donors (Lipinski definition) is 2. The van der Waals surface area contributed by atoms with Crippen LogP contribution in [0, 0.1) is 12.8 Å². The second-order valence-electron chi connectivity index (χ2n) is 8.51. The molecule has 2 atom stereocenters. The van der Waals surface area contributed by atoms with Gasteiger partial charge in [0.05, 0.1) is 23.7 Å². The molecular formula is C22H25F5N8O. The maximum absolute atomic E-state index is 14.5. The molecule has 2 aromatic heterocycles. The number of likely N-dealkylation sites (tertiary alicyclic amines) is 1. The van der Waals surface area contributed by atoms with E-state index < -0.39 is 48.5 Å². The number of carbonyl (C=O) groups is 1. The van der Waals surface area contributed by atoms with E-state index in [-0.39, 0.29) is 29.6 Å². The van der Waals surface area contributed by atoms with E-state index in [0.29, 0.717) is 12.4 Å². The fourth-order valence-electron chi connectivity index (χ4n) is 3.82. The van der Waals surface area contributed by atoms with Gasteiger partial charge in [-0.15, -0.1) is 0 Å². The van der Waals surface area contributed by atoms with E-state index >= 15 is 0 Å². The van der Waals surface area contributed by atoms with Crippen molar-refractivity contribution in [1.29, 1.82) is 0 Å². The van der Waals surface area contributed by atoms with E-state index in [1.165, 1.54) is 25.7 Å². The third-order valence-electron chi connectivity index (χ3n) is 5.59. The minimum absolute atomic E-state index is 0.0711. The first kappa shape index (κ1) is 26.9. The highest BCUT2D eigenvalue weighted by molar-refractivity contribution is 6.17. The van der Waals surface area contributed by atoms with Crippen molar-refractivity contribution in [2.24, 2.45) is 16.6 Å². The molecule has 0 aromatic carbocycles. The largest absolute Gasteiger partial charge is 0.419 e. The van der Waals surface area contributed by atoms with Crippen LogP contribution in [0.5, 0.6) is 0 Å². The number of anilines is 1. The number of nitrogens with one attached hydrogen (secondary N) is 1. The zero-order chi connectivity index (χ0) is 26.7. The summed E-state index contributed by atoms with van der Waals surface area (Å²) < 4.78 is 67.2. The minimum Gasteiger partial charge on any atom is -0.394 e. The van der Waals surface area contributed by atoms with Crippen molar-refractivity contribution in [3.63, 3.8) is 0 Å². The van der Waals surface area contributed by atoms with Gasteiger partial charge in [0.1, 0.15) is 5.70 Å². The zero-order valence-corrected chi connectivity index (χ0v) is 19.7. The van der Waals surface area contributed by atoms with E-state index in [1.807, 2.05) is 0 Å². The molecule has 0 radical (unpaired) electrons. The smallest absolute Gasteiger partial charge is 0.394 e. The van der Waals surface area contributed by atoms with Crippen molar-refractivity contribution < 1.29 is 26.7 Å². The molecule has 194 valence electrons. The van der Waals surface area contributed by atoms with Crippen LogP contribution in [0.4, 0.5) is 27.9 Å². The van der Waals surface area contributed by atoms with Gasteiger partial charge in [-0.05, 0) is 18.4 Å². The van der Waals surface area contributed by atoms with Crippen LogP contribution < -0.4 is 11.1 Å². The molecule has 3 heterocycles. The molecule has 3 N–H and O–H groups in total. The van der Waals surface area contributed by atoms with Crippen LogP contribution in [0.1, 0.15) is 30.3 Å². The van der Waals surface area contributed by atoms with Gasteiger partial charge in [-0.25, -0.2) is 28.7 Å². The number of allylic oxidation sites excluding steroid dienone is 1. The van der Waals surface area contributed by atoms with Crippen LogP contribution in [0.2, 0.25) is 0 Å². The van der Waals surface area contributed by atoms with Gasteiger partial charge in [0.25, 0.3) is 11.8 Å². The Bertz CT molecular complexity index is 1130. The Kier molecular flexibility index (Phi) is 7.84. The summed E-state index contributed by atoms with van der Waals surface area (Å²) in [5.74, 6) is -4.78. The second-order valence-corrected chi connectivity index (χ2v) is 8.51. The number of aliphatic imine (C=N–C) groups is 1. The minimum atomic E-state index is -4.60. The summed E-state index contributed by atoms with van der Waals surface area (Å²) in [7, 11) is 1.44. The van der Waals surface area contributed by atoms with Crippen LogP contribution in [-0.2, 0) is 11.0 Å². The number of halogens is 5. The number of nitrogens with two attached hydrogens (primary N) is 1. The summed E-state index contributed by atoms with van der Waals surface area (Å²) in [4.78, 5) is 33.7. The van der Waals surface area contributed by atoms with E-state index in [2.05, 4.69) is 30.2 Å². The summed E-state index contributed by atoms with van der Waals surface area (Å²) >= 11 is 0. The van der Waals surface area contributed by atoms with Crippen LogP contribution >= 0.6 is 0 Å². The number of aromatic nitrogens is 4. The first-order chi connectivity index (χ1) is 16.8. The molecule has 36 heavy (non-hydrogen) atoms. The monoisotopic (exact) mass is 512 g/mol.